The van der Waals surface area contributed by atoms with Crippen LogP contribution < -0.4 is 21.7 Å². The van der Waals surface area contributed by atoms with Crippen LogP contribution in [-0.2, 0) is 9.59 Å². The lowest BCUT2D eigenvalue weighted by Crippen LogP contribution is -2.47. The fourth-order valence-electron chi connectivity index (χ4n) is 4.57. The second-order valence-electron chi connectivity index (χ2n) is 9.31. The van der Waals surface area contributed by atoms with Crippen LogP contribution in [0.25, 0.3) is 11.3 Å². The topological polar surface area (TPSA) is 103 Å². The number of nitrogen functional groups attached to an aromatic ring is 1. The van der Waals surface area contributed by atoms with Crippen LogP contribution in [0, 0.1) is 0 Å². The van der Waals surface area contributed by atoms with Gasteiger partial charge in [0.25, 0.3) is 5.91 Å². The van der Waals surface area contributed by atoms with Gasteiger partial charge in [-0.3, -0.25) is 14.5 Å². The molecule has 1 saturated heterocycles. The normalized spacial score (nSPS) is 17.2. The standard InChI is InChI=1S/C28H29ClN6O2/c1-34-11-13-35(14-12-34)17-25(36)32-23-10-8-20(16-22(23)30)31-27(18-5-3-2-4-6-18)26-21-9-7-19(29)15-24(21)33-28(26)37/h2-10,15-16,31H,11-14,17,30H2,1H3,(H,32,36)(H,33,37). The van der Waals surface area contributed by atoms with E-state index in [4.69, 9.17) is 17.3 Å². The number of halogens is 1. The Morgan fingerprint density at radius 1 is 1.00 bits per heavy atom. The molecule has 3 aromatic carbocycles. The lowest BCUT2D eigenvalue weighted by molar-refractivity contribution is -0.117. The molecule has 2 amide bonds. The fraction of sp³-hybridized carbons (Fsp3) is 0.214. The van der Waals surface area contributed by atoms with Crippen molar-refractivity contribution in [3.05, 3.63) is 82.9 Å². The Kier molecular flexibility index (Phi) is 7.14. The highest BCUT2D eigenvalue weighted by molar-refractivity contribution is 6.38. The second kappa shape index (κ2) is 10.6. The van der Waals surface area contributed by atoms with Crippen LogP contribution >= 0.6 is 11.6 Å². The number of nitrogens with one attached hydrogen (secondary N) is 3. The highest BCUT2D eigenvalue weighted by Gasteiger charge is 2.28. The van der Waals surface area contributed by atoms with Gasteiger partial charge in [0.2, 0.25) is 5.91 Å². The average Bonchev–Trinajstić information content (AvgIpc) is 3.20. The Morgan fingerprint density at radius 3 is 2.49 bits per heavy atom. The van der Waals surface area contributed by atoms with E-state index in [1.165, 1.54) is 0 Å². The third kappa shape index (κ3) is 5.61. The first kappa shape index (κ1) is 24.8. The summed E-state index contributed by atoms with van der Waals surface area (Å²) >= 11 is 6.14. The number of rotatable bonds is 6. The smallest absolute Gasteiger partial charge is 0.258 e. The van der Waals surface area contributed by atoms with Gasteiger partial charge >= 0.3 is 0 Å². The number of hydrogen-bond acceptors (Lipinski definition) is 6. The molecule has 0 atom stereocenters. The minimum atomic E-state index is -0.218. The SMILES string of the molecule is CN1CCN(CC(=O)Nc2ccc(NC(=C3C(=O)Nc4cc(Cl)ccc43)c3ccccc3)cc2N)CC1. The van der Waals surface area contributed by atoms with E-state index < -0.39 is 0 Å². The van der Waals surface area contributed by atoms with Gasteiger partial charge in [0.15, 0.2) is 0 Å². The Labute approximate surface area is 221 Å². The van der Waals surface area contributed by atoms with E-state index in [-0.39, 0.29) is 11.8 Å². The summed E-state index contributed by atoms with van der Waals surface area (Å²) in [5.74, 6) is -0.314. The molecule has 9 heteroatoms. The van der Waals surface area contributed by atoms with E-state index in [1.54, 1.807) is 24.3 Å². The molecule has 0 aromatic heterocycles. The Hall–Kier alpha value is -3.85. The van der Waals surface area contributed by atoms with Crippen molar-refractivity contribution in [2.45, 2.75) is 0 Å². The third-order valence-corrected chi connectivity index (χ3v) is 6.83. The number of carbonyl (C=O) groups excluding carboxylic acids is 2. The van der Waals surface area contributed by atoms with Crippen molar-refractivity contribution in [1.29, 1.82) is 0 Å². The van der Waals surface area contributed by atoms with Crippen LogP contribution in [0.1, 0.15) is 11.1 Å². The predicted octanol–water partition coefficient (Wildman–Crippen LogP) is 4.04. The van der Waals surface area contributed by atoms with Crippen LogP contribution in [0.15, 0.2) is 66.7 Å². The molecule has 0 aliphatic carbocycles. The Morgan fingerprint density at radius 2 is 1.76 bits per heavy atom. The van der Waals surface area contributed by atoms with Gasteiger partial charge in [-0.25, -0.2) is 0 Å². The van der Waals surface area contributed by atoms with Crippen LogP contribution in [0.5, 0.6) is 0 Å². The molecule has 1 fully saturated rings. The van der Waals surface area contributed by atoms with Crippen molar-refractivity contribution in [2.75, 3.05) is 61.5 Å². The summed E-state index contributed by atoms with van der Waals surface area (Å²) in [7, 11) is 2.08. The van der Waals surface area contributed by atoms with Gasteiger partial charge in [-0.1, -0.05) is 48.0 Å². The number of amides is 2. The number of nitrogens with zero attached hydrogens (tertiary/aromatic N) is 2. The molecular formula is C28H29ClN6O2. The molecular weight excluding hydrogens is 488 g/mol. The molecule has 2 aliphatic rings. The minimum absolute atomic E-state index is 0.0954. The number of likely N-dealkylation sites (N-methyl/N-ethyl adjacent to an activating group) is 1. The summed E-state index contributed by atoms with van der Waals surface area (Å²) in [6.45, 7) is 3.95. The molecule has 0 bridgehead atoms. The maximum atomic E-state index is 13.0. The van der Waals surface area contributed by atoms with E-state index in [1.807, 2.05) is 42.5 Å². The molecule has 0 radical (unpaired) electrons. The molecule has 5 N–H and O–H groups in total. The van der Waals surface area contributed by atoms with Crippen LogP contribution in [0.3, 0.4) is 0 Å². The number of hydrogen-bond donors (Lipinski definition) is 4. The van der Waals surface area contributed by atoms with Gasteiger partial charge in [-0.15, -0.1) is 0 Å². The molecule has 190 valence electrons. The molecule has 0 unspecified atom stereocenters. The van der Waals surface area contributed by atoms with E-state index in [9.17, 15) is 9.59 Å². The molecule has 37 heavy (non-hydrogen) atoms. The molecule has 8 nitrogen and oxygen atoms in total. The lowest BCUT2D eigenvalue weighted by Gasteiger charge is -2.31. The summed E-state index contributed by atoms with van der Waals surface area (Å²) in [5, 5.41) is 9.77. The summed E-state index contributed by atoms with van der Waals surface area (Å²) in [4.78, 5) is 30.0. The molecule has 0 spiro atoms. The van der Waals surface area contributed by atoms with Crippen molar-refractivity contribution in [3.63, 3.8) is 0 Å². The van der Waals surface area contributed by atoms with Crippen LogP contribution in [0.4, 0.5) is 22.7 Å². The van der Waals surface area contributed by atoms with Crippen molar-refractivity contribution in [1.82, 2.24) is 9.80 Å². The summed E-state index contributed by atoms with van der Waals surface area (Å²) in [5.41, 5.74) is 11.4. The van der Waals surface area contributed by atoms with Crippen molar-refractivity contribution in [3.8, 4) is 0 Å². The van der Waals surface area contributed by atoms with Gasteiger partial charge < -0.3 is 26.6 Å². The largest absolute Gasteiger partial charge is 0.397 e. The highest BCUT2D eigenvalue weighted by atomic mass is 35.5. The molecule has 2 heterocycles. The van der Waals surface area contributed by atoms with E-state index in [0.717, 1.165) is 37.3 Å². The highest BCUT2D eigenvalue weighted by Crippen LogP contribution is 2.39. The number of piperazine rings is 1. The molecule has 2 aliphatic heterocycles. The molecule has 0 saturated carbocycles. The van der Waals surface area contributed by atoms with Gasteiger partial charge in [-0.05, 0) is 42.9 Å². The number of benzene rings is 3. The Bertz CT molecular complexity index is 1370. The zero-order valence-corrected chi connectivity index (χ0v) is 21.3. The first-order valence-corrected chi connectivity index (χ1v) is 12.5. The fourth-order valence-corrected chi connectivity index (χ4v) is 4.75. The van der Waals surface area contributed by atoms with Crippen molar-refractivity contribution >= 4 is 57.4 Å². The zero-order chi connectivity index (χ0) is 25.9. The van der Waals surface area contributed by atoms with Crippen molar-refractivity contribution in [2.24, 2.45) is 0 Å². The van der Waals surface area contributed by atoms with E-state index in [0.29, 0.717) is 45.6 Å². The molecule has 3 aromatic rings. The summed E-state index contributed by atoms with van der Waals surface area (Å²) < 4.78 is 0. The summed E-state index contributed by atoms with van der Waals surface area (Å²) in [6, 6.07) is 20.3. The van der Waals surface area contributed by atoms with Gasteiger partial charge in [-0.2, -0.15) is 0 Å². The third-order valence-electron chi connectivity index (χ3n) is 6.60. The first-order chi connectivity index (χ1) is 17.9. The number of fused-ring (bicyclic) bond motifs is 1. The maximum Gasteiger partial charge on any atom is 0.258 e. The monoisotopic (exact) mass is 516 g/mol. The number of carbonyl (C=O) groups is 2. The van der Waals surface area contributed by atoms with E-state index >= 15 is 0 Å². The molecule has 5 rings (SSSR count). The first-order valence-electron chi connectivity index (χ1n) is 12.2. The second-order valence-corrected chi connectivity index (χ2v) is 9.75. The van der Waals surface area contributed by atoms with Crippen molar-refractivity contribution < 1.29 is 9.59 Å². The van der Waals surface area contributed by atoms with Gasteiger partial charge in [0.05, 0.1) is 34.9 Å². The van der Waals surface area contributed by atoms with E-state index in [2.05, 4.69) is 32.8 Å². The number of nitrogens with two attached hydrogens (primary N) is 1. The van der Waals surface area contributed by atoms with Crippen LogP contribution in [-0.4, -0.2) is 61.4 Å². The quantitative estimate of drug-likeness (QED) is 0.291. The summed E-state index contributed by atoms with van der Waals surface area (Å²) in [6.07, 6.45) is 0. The lowest BCUT2D eigenvalue weighted by atomic mass is 10.00. The number of anilines is 4. The Balaban J connectivity index is 1.39. The van der Waals surface area contributed by atoms with Gasteiger partial charge in [0.1, 0.15) is 0 Å². The maximum absolute atomic E-state index is 13.0. The zero-order valence-electron chi connectivity index (χ0n) is 20.6. The van der Waals surface area contributed by atoms with Gasteiger partial charge in [0, 0.05) is 42.5 Å². The average molecular weight is 517 g/mol. The minimum Gasteiger partial charge on any atom is -0.397 e. The predicted molar refractivity (Wildman–Crippen MR) is 150 cm³/mol. The van der Waals surface area contributed by atoms with Crippen LogP contribution in [0.2, 0.25) is 5.02 Å².